The van der Waals surface area contributed by atoms with Gasteiger partial charge in [0, 0.05) is 6.42 Å². The maximum absolute atomic E-state index is 10.3. The van der Waals surface area contributed by atoms with Gasteiger partial charge in [0.05, 0.1) is 0 Å². The van der Waals surface area contributed by atoms with Gasteiger partial charge in [-0.2, -0.15) is 0 Å². The van der Waals surface area contributed by atoms with Crippen molar-refractivity contribution < 1.29 is 54.5 Å². The van der Waals surface area contributed by atoms with Crippen molar-refractivity contribution in [2.24, 2.45) is 0 Å². The molecule has 0 aromatic heterocycles. The molecule has 7 heteroatoms. The molecular weight excluding hydrogens is 395 g/mol. The van der Waals surface area contributed by atoms with E-state index in [1.54, 1.807) is 0 Å². The predicted octanol–water partition coefficient (Wildman–Crippen LogP) is 2.41. The van der Waals surface area contributed by atoms with Crippen molar-refractivity contribution in [1.29, 1.82) is 0 Å². The standard InChI is InChI=1S/C18H36O2.C3H6O3.Ca.Na/c1-2-3-4-5-6-7-8-9-10-11-12-13-14-15-16-17-18(19)20;1-2(4)3(5)6;;/h2-17H2,1H3,(H,19,20);2,4H,1H3,(H,5,6);;/q;;+2;+1. The summed E-state index contributed by atoms with van der Waals surface area (Å²) < 4.78 is 0. The monoisotopic (exact) mass is 437 g/mol. The van der Waals surface area contributed by atoms with Gasteiger partial charge in [-0.1, -0.05) is 96.8 Å². The number of carboxylic acids is 2. The zero-order valence-electron chi connectivity index (χ0n) is 18.8. The van der Waals surface area contributed by atoms with E-state index in [1.807, 2.05) is 0 Å². The van der Waals surface area contributed by atoms with Crippen LogP contribution >= 0.6 is 0 Å². The topological polar surface area (TPSA) is 94.8 Å². The van der Waals surface area contributed by atoms with E-state index in [-0.39, 0.29) is 67.3 Å². The smallest absolute Gasteiger partial charge is 0.481 e. The van der Waals surface area contributed by atoms with Crippen LogP contribution in [0.2, 0.25) is 0 Å². The van der Waals surface area contributed by atoms with Gasteiger partial charge in [0.2, 0.25) is 0 Å². The van der Waals surface area contributed by atoms with Crippen molar-refractivity contribution in [3.05, 3.63) is 0 Å². The van der Waals surface area contributed by atoms with Crippen molar-refractivity contribution in [1.82, 2.24) is 0 Å². The molecule has 0 aromatic rings. The molecule has 28 heavy (non-hydrogen) atoms. The fraction of sp³-hybridized carbons (Fsp3) is 0.905. The number of unbranched alkanes of at least 4 members (excludes halogenated alkanes) is 14. The van der Waals surface area contributed by atoms with Gasteiger partial charge in [-0.05, 0) is 13.3 Å². The SMILES string of the molecule is CC(O)C(=O)O.CCCCCCCCCCCCCCCCCC(=O)O.[Ca+2].[Na+]. The van der Waals surface area contributed by atoms with Crippen molar-refractivity contribution in [2.45, 2.75) is 123 Å². The Hall–Kier alpha value is 1.16. The van der Waals surface area contributed by atoms with Crippen molar-refractivity contribution in [3.63, 3.8) is 0 Å². The van der Waals surface area contributed by atoms with Crippen LogP contribution in [0.5, 0.6) is 0 Å². The quantitative estimate of drug-likeness (QED) is 0.240. The molecule has 0 aromatic carbocycles. The summed E-state index contributed by atoms with van der Waals surface area (Å²) in [5.41, 5.74) is 0. The first-order valence-electron chi connectivity index (χ1n) is 10.5. The zero-order valence-corrected chi connectivity index (χ0v) is 23.0. The third-order valence-electron chi connectivity index (χ3n) is 4.35. The average Bonchev–Trinajstić information content (AvgIpc) is 2.58. The molecule has 0 saturated heterocycles. The number of carbonyl (C=O) groups is 2. The molecule has 0 saturated carbocycles. The minimum atomic E-state index is -1.23. The molecule has 0 radical (unpaired) electrons. The summed E-state index contributed by atoms with van der Waals surface area (Å²) in [4.78, 5) is 19.8. The van der Waals surface area contributed by atoms with E-state index in [0.717, 1.165) is 12.8 Å². The normalized spacial score (nSPS) is 10.7. The Bertz CT molecular complexity index is 328. The molecule has 0 bridgehead atoms. The molecule has 0 aliphatic rings. The molecule has 1 atom stereocenters. The Balaban J connectivity index is -0.000000312. The van der Waals surface area contributed by atoms with Crippen molar-refractivity contribution in [3.8, 4) is 0 Å². The summed E-state index contributed by atoms with van der Waals surface area (Å²) in [6, 6.07) is 0. The van der Waals surface area contributed by atoms with Gasteiger partial charge in [-0.3, -0.25) is 4.79 Å². The molecule has 156 valence electrons. The molecule has 5 nitrogen and oxygen atoms in total. The Labute approximate surface area is 224 Å². The van der Waals surface area contributed by atoms with Crippen LogP contribution in [0, 0.1) is 0 Å². The van der Waals surface area contributed by atoms with Gasteiger partial charge in [-0.25, -0.2) is 4.79 Å². The maximum atomic E-state index is 10.3. The van der Waals surface area contributed by atoms with Crippen LogP contribution in [0.25, 0.3) is 0 Å². The third-order valence-corrected chi connectivity index (χ3v) is 4.35. The number of hydrogen-bond donors (Lipinski definition) is 3. The van der Waals surface area contributed by atoms with E-state index in [2.05, 4.69) is 6.92 Å². The number of rotatable bonds is 17. The number of hydrogen-bond acceptors (Lipinski definition) is 3. The van der Waals surface area contributed by atoms with Crippen LogP contribution in [-0.4, -0.2) is 71.1 Å². The first-order valence-corrected chi connectivity index (χ1v) is 10.5. The van der Waals surface area contributed by atoms with Crippen molar-refractivity contribution in [2.75, 3.05) is 0 Å². The van der Waals surface area contributed by atoms with Crippen LogP contribution in [-0.2, 0) is 9.59 Å². The van der Waals surface area contributed by atoms with E-state index in [9.17, 15) is 9.59 Å². The Kier molecular flexibility index (Phi) is 39.6. The summed E-state index contributed by atoms with van der Waals surface area (Å²) >= 11 is 0. The van der Waals surface area contributed by atoms with Gasteiger partial charge in [0.15, 0.2) is 0 Å². The molecule has 0 heterocycles. The van der Waals surface area contributed by atoms with Gasteiger partial charge < -0.3 is 15.3 Å². The summed E-state index contributed by atoms with van der Waals surface area (Å²) in [5.74, 6) is -1.84. The number of aliphatic hydroxyl groups is 1. The Morgan fingerprint density at radius 1 is 0.679 bits per heavy atom. The van der Waals surface area contributed by atoms with E-state index in [1.165, 1.54) is 90.4 Å². The van der Waals surface area contributed by atoms with E-state index in [4.69, 9.17) is 15.3 Å². The molecule has 0 amide bonds. The van der Waals surface area contributed by atoms with Gasteiger partial charge in [0.25, 0.3) is 0 Å². The fourth-order valence-electron chi connectivity index (χ4n) is 2.65. The molecule has 0 aliphatic carbocycles. The minimum Gasteiger partial charge on any atom is -0.481 e. The average molecular weight is 438 g/mol. The maximum Gasteiger partial charge on any atom is 2.00 e. The molecule has 3 N–H and O–H groups in total. The second-order valence-electron chi connectivity index (χ2n) is 7.11. The minimum absolute atomic E-state index is 0. The van der Waals surface area contributed by atoms with Crippen LogP contribution in [0.1, 0.15) is 117 Å². The number of aliphatic carboxylic acids is 2. The first kappa shape index (κ1) is 36.5. The summed E-state index contributed by atoms with van der Waals surface area (Å²) in [5, 5.41) is 24.3. The van der Waals surface area contributed by atoms with Crippen LogP contribution in [0.15, 0.2) is 0 Å². The van der Waals surface area contributed by atoms with Crippen LogP contribution in [0.4, 0.5) is 0 Å². The van der Waals surface area contributed by atoms with E-state index in [0.29, 0.717) is 6.42 Å². The van der Waals surface area contributed by atoms with E-state index < -0.39 is 18.0 Å². The molecule has 0 fully saturated rings. The molecule has 0 spiro atoms. The summed E-state index contributed by atoms with van der Waals surface area (Å²) in [6.45, 7) is 3.47. The largest absolute Gasteiger partial charge is 2.00 e. The zero-order chi connectivity index (χ0) is 20.0. The fourth-order valence-corrected chi connectivity index (χ4v) is 2.65. The number of aliphatic hydroxyl groups excluding tert-OH is 1. The molecule has 0 rings (SSSR count). The summed E-state index contributed by atoms with van der Waals surface area (Å²) in [6.07, 6.45) is 19.0. The van der Waals surface area contributed by atoms with Gasteiger partial charge >= 0.3 is 79.2 Å². The Morgan fingerprint density at radius 3 is 1.14 bits per heavy atom. The molecule has 1 unspecified atom stereocenters. The predicted molar refractivity (Wildman–Crippen MR) is 112 cm³/mol. The summed E-state index contributed by atoms with van der Waals surface area (Å²) in [7, 11) is 0. The van der Waals surface area contributed by atoms with Crippen LogP contribution < -0.4 is 29.6 Å². The molecule has 0 aliphatic heterocycles. The van der Waals surface area contributed by atoms with Gasteiger partial charge in [-0.15, -0.1) is 0 Å². The number of carboxylic acid groups (broad SMARTS) is 2. The molecular formula is C21H42CaNaO5+3. The Morgan fingerprint density at radius 2 is 0.929 bits per heavy atom. The van der Waals surface area contributed by atoms with E-state index >= 15 is 0 Å². The first-order chi connectivity index (χ1) is 12.4. The van der Waals surface area contributed by atoms with Gasteiger partial charge in [0.1, 0.15) is 6.10 Å². The van der Waals surface area contributed by atoms with Crippen molar-refractivity contribution >= 4 is 49.7 Å². The third kappa shape index (κ3) is 37.8. The second kappa shape index (κ2) is 30.4. The van der Waals surface area contributed by atoms with Crippen LogP contribution in [0.3, 0.4) is 0 Å². The second-order valence-corrected chi connectivity index (χ2v) is 7.11.